The van der Waals surface area contributed by atoms with Crippen LogP contribution in [0.25, 0.3) is 0 Å². The number of carboxylic acid groups (broad SMARTS) is 3. The van der Waals surface area contributed by atoms with Gasteiger partial charge < -0.3 is 15.3 Å². The summed E-state index contributed by atoms with van der Waals surface area (Å²) in [4.78, 5) is 29.6. The maximum Gasteiger partial charge on any atom is 0.339 e. The van der Waals surface area contributed by atoms with Gasteiger partial charge in [0.05, 0.1) is 12.0 Å². The zero-order chi connectivity index (χ0) is 14.0. The summed E-state index contributed by atoms with van der Waals surface area (Å²) >= 11 is 0. The van der Waals surface area contributed by atoms with Crippen LogP contribution in [-0.2, 0) is 14.4 Å². The Labute approximate surface area is 97.5 Å². The first-order chi connectivity index (χ1) is 7.72. The van der Waals surface area contributed by atoms with E-state index in [1.165, 1.54) is 6.92 Å². The van der Waals surface area contributed by atoms with Gasteiger partial charge in [0, 0.05) is 5.57 Å². The lowest BCUT2D eigenvalue weighted by atomic mass is 10.2. The van der Waals surface area contributed by atoms with Gasteiger partial charge in [-0.1, -0.05) is 18.0 Å². The molecule has 0 unspecified atom stereocenters. The predicted octanol–water partition coefficient (Wildman–Crippen LogP) is 1.06. The van der Waals surface area contributed by atoms with Gasteiger partial charge in [-0.25, -0.2) is 9.59 Å². The van der Waals surface area contributed by atoms with E-state index in [1.807, 2.05) is 0 Å². The van der Waals surface area contributed by atoms with Crippen LogP contribution in [-0.4, -0.2) is 33.2 Å². The molecular formula is C11H12O6. The third-order valence-electron chi connectivity index (χ3n) is 1.26. The van der Waals surface area contributed by atoms with Gasteiger partial charge in [-0.2, -0.15) is 0 Å². The Hall–Kier alpha value is -2.55. The van der Waals surface area contributed by atoms with Gasteiger partial charge in [-0.3, -0.25) is 4.79 Å². The van der Waals surface area contributed by atoms with E-state index in [2.05, 4.69) is 24.6 Å². The molecule has 0 radical (unpaired) electrons. The highest BCUT2D eigenvalue weighted by Crippen LogP contribution is 1.95. The van der Waals surface area contributed by atoms with Crippen LogP contribution in [0.3, 0.4) is 0 Å². The van der Waals surface area contributed by atoms with Gasteiger partial charge in [-0.05, 0) is 13.5 Å². The van der Waals surface area contributed by atoms with Crippen molar-refractivity contribution in [1.82, 2.24) is 0 Å². The van der Waals surface area contributed by atoms with Crippen LogP contribution >= 0.6 is 0 Å². The summed E-state index contributed by atoms with van der Waals surface area (Å²) in [6, 6.07) is 0. The minimum Gasteiger partial charge on any atom is -0.481 e. The smallest absolute Gasteiger partial charge is 0.339 e. The maximum atomic E-state index is 9.92. The highest BCUT2D eigenvalue weighted by Gasteiger charge is 2.07. The van der Waals surface area contributed by atoms with Gasteiger partial charge in [0.25, 0.3) is 0 Å². The first-order valence-electron chi connectivity index (χ1n) is 4.20. The van der Waals surface area contributed by atoms with Crippen LogP contribution < -0.4 is 0 Å². The third kappa shape index (κ3) is 11.4. The molecule has 0 heterocycles. The minimum absolute atomic E-state index is 0.125. The highest BCUT2D eigenvalue weighted by atomic mass is 16.4. The molecule has 3 N–H and O–H groups in total. The van der Waals surface area contributed by atoms with Gasteiger partial charge in [0.2, 0.25) is 0 Å². The Morgan fingerprint density at radius 2 is 1.59 bits per heavy atom. The Balaban J connectivity index is 0. The number of rotatable bonds is 4. The number of hydrogen-bond donors (Lipinski definition) is 3. The summed E-state index contributed by atoms with van der Waals surface area (Å²) in [6.45, 7) is 7.61. The predicted molar refractivity (Wildman–Crippen MR) is 58.5 cm³/mol. The molecule has 0 saturated heterocycles. The topological polar surface area (TPSA) is 112 Å². The second kappa shape index (κ2) is 8.73. The van der Waals surface area contributed by atoms with Crippen molar-refractivity contribution in [2.45, 2.75) is 13.3 Å². The fourth-order valence-electron chi connectivity index (χ4n) is 0.444. The molecular weight excluding hydrogens is 228 g/mol. The second-order valence-corrected chi connectivity index (χ2v) is 2.71. The van der Waals surface area contributed by atoms with Crippen LogP contribution in [0.5, 0.6) is 0 Å². The van der Waals surface area contributed by atoms with E-state index >= 15 is 0 Å². The van der Waals surface area contributed by atoms with Crippen molar-refractivity contribution in [1.29, 1.82) is 0 Å². The van der Waals surface area contributed by atoms with Crippen LogP contribution in [0.1, 0.15) is 13.3 Å². The van der Waals surface area contributed by atoms with Crippen molar-refractivity contribution in [2.75, 3.05) is 0 Å². The molecule has 0 aliphatic carbocycles. The monoisotopic (exact) mass is 240 g/mol. The number of carboxylic acids is 3. The zero-order valence-electron chi connectivity index (χ0n) is 9.19. The van der Waals surface area contributed by atoms with Crippen molar-refractivity contribution in [2.24, 2.45) is 0 Å². The average molecular weight is 240 g/mol. The Morgan fingerprint density at radius 3 is 1.71 bits per heavy atom. The fraction of sp³-hybridized carbons (Fsp3) is 0.182. The first kappa shape index (κ1) is 16.9. The van der Waals surface area contributed by atoms with Gasteiger partial charge in [0.15, 0.2) is 0 Å². The molecule has 0 aliphatic rings. The normalized spacial score (nSPS) is 7.59. The van der Waals surface area contributed by atoms with Crippen LogP contribution in [0.15, 0.2) is 35.8 Å². The SMILES string of the molecule is C=C(CC(=O)O)C(=O)O.C=C=C=C(C)C(=O)O. The lowest BCUT2D eigenvalue weighted by molar-refractivity contribution is -0.139. The molecule has 6 heteroatoms. The Bertz CT molecular complexity index is 419. The largest absolute Gasteiger partial charge is 0.481 e. The molecule has 0 bridgehead atoms. The lowest BCUT2D eigenvalue weighted by Crippen LogP contribution is -2.04. The third-order valence-corrected chi connectivity index (χ3v) is 1.26. The Kier molecular flexibility index (Phi) is 8.66. The molecule has 17 heavy (non-hydrogen) atoms. The maximum absolute atomic E-state index is 9.92. The molecule has 0 saturated carbocycles. The molecule has 0 amide bonds. The van der Waals surface area contributed by atoms with Gasteiger partial charge in [-0.15, -0.1) is 0 Å². The second-order valence-electron chi connectivity index (χ2n) is 2.71. The average Bonchev–Trinajstić information content (AvgIpc) is 2.17. The molecule has 0 aromatic heterocycles. The van der Waals surface area contributed by atoms with E-state index in [0.29, 0.717) is 0 Å². The van der Waals surface area contributed by atoms with E-state index in [0.717, 1.165) is 0 Å². The molecule has 0 fully saturated rings. The molecule has 0 aromatic carbocycles. The molecule has 0 aliphatic heterocycles. The summed E-state index contributed by atoms with van der Waals surface area (Å²) in [7, 11) is 0. The molecule has 92 valence electrons. The fourth-order valence-corrected chi connectivity index (χ4v) is 0.444. The number of aliphatic carboxylic acids is 3. The van der Waals surface area contributed by atoms with Gasteiger partial charge >= 0.3 is 17.9 Å². The summed E-state index contributed by atoms with van der Waals surface area (Å²) in [5.74, 6) is -3.43. The summed E-state index contributed by atoms with van der Waals surface area (Å²) in [5, 5.41) is 24.2. The summed E-state index contributed by atoms with van der Waals surface area (Å²) in [5.41, 5.74) is 4.35. The van der Waals surface area contributed by atoms with Crippen LogP contribution in [0, 0.1) is 0 Å². The van der Waals surface area contributed by atoms with Gasteiger partial charge in [0.1, 0.15) is 0 Å². The summed E-state index contributed by atoms with van der Waals surface area (Å²) < 4.78 is 0. The summed E-state index contributed by atoms with van der Waals surface area (Å²) in [6.07, 6.45) is -0.505. The van der Waals surface area contributed by atoms with Crippen molar-refractivity contribution >= 4 is 17.9 Å². The molecule has 0 spiro atoms. The van der Waals surface area contributed by atoms with E-state index < -0.39 is 24.3 Å². The highest BCUT2D eigenvalue weighted by molar-refractivity contribution is 5.91. The number of hydrogen-bond acceptors (Lipinski definition) is 3. The molecule has 0 rings (SSSR count). The van der Waals surface area contributed by atoms with Crippen molar-refractivity contribution < 1.29 is 29.7 Å². The molecule has 0 atom stereocenters. The number of carbonyl (C=O) groups is 3. The molecule has 0 aromatic rings. The Morgan fingerprint density at radius 1 is 1.12 bits per heavy atom. The minimum atomic E-state index is -1.27. The van der Waals surface area contributed by atoms with Crippen LogP contribution in [0.4, 0.5) is 0 Å². The van der Waals surface area contributed by atoms with E-state index in [1.54, 1.807) is 0 Å². The van der Waals surface area contributed by atoms with Crippen molar-refractivity contribution in [3.8, 4) is 0 Å². The molecule has 6 nitrogen and oxygen atoms in total. The first-order valence-corrected chi connectivity index (χ1v) is 4.20. The van der Waals surface area contributed by atoms with Crippen molar-refractivity contribution in [3.63, 3.8) is 0 Å². The van der Waals surface area contributed by atoms with Crippen molar-refractivity contribution in [3.05, 3.63) is 35.8 Å². The van der Waals surface area contributed by atoms with E-state index in [9.17, 15) is 14.4 Å². The zero-order valence-corrected chi connectivity index (χ0v) is 9.19. The van der Waals surface area contributed by atoms with Crippen LogP contribution in [0.2, 0.25) is 0 Å². The quantitative estimate of drug-likeness (QED) is 0.500. The standard InChI is InChI=1S/C6H6O2.C5H6O4/c1-3-4-5(2)6(7)8;1-3(5(8)9)2-4(6)7/h1H2,2H3,(H,7,8);1-2H2,(H,6,7)(H,8,9). The lowest BCUT2D eigenvalue weighted by Gasteiger charge is -1.91. The van der Waals surface area contributed by atoms with E-state index in [-0.39, 0.29) is 11.1 Å². The van der Waals surface area contributed by atoms with E-state index in [4.69, 9.17) is 15.3 Å².